The molecule has 2 aromatic rings. The van der Waals surface area contributed by atoms with Gasteiger partial charge in [-0.05, 0) is 59.2 Å². The molecule has 17 heavy (non-hydrogen) atoms. The Morgan fingerprint density at radius 3 is 2.65 bits per heavy atom. The van der Waals surface area contributed by atoms with E-state index in [0.29, 0.717) is 0 Å². The first-order valence-corrected chi connectivity index (χ1v) is 6.06. The summed E-state index contributed by atoms with van der Waals surface area (Å²) in [5, 5.41) is 0. The van der Waals surface area contributed by atoms with E-state index in [-0.39, 0.29) is 0 Å². The molecule has 2 aromatic carbocycles. The van der Waals surface area contributed by atoms with Gasteiger partial charge in [0.25, 0.3) is 0 Å². The van der Waals surface area contributed by atoms with Crippen molar-refractivity contribution in [1.29, 1.82) is 0 Å². The van der Waals surface area contributed by atoms with Crippen LogP contribution in [0.1, 0.15) is 27.8 Å². The van der Waals surface area contributed by atoms with Crippen molar-refractivity contribution in [1.82, 2.24) is 0 Å². The van der Waals surface area contributed by atoms with Gasteiger partial charge in [-0.3, -0.25) is 0 Å². The summed E-state index contributed by atoms with van der Waals surface area (Å²) in [6.45, 7) is 8.35. The van der Waals surface area contributed by atoms with Crippen LogP contribution in [0.2, 0.25) is 0 Å². The summed E-state index contributed by atoms with van der Waals surface area (Å²) in [5.41, 5.74) is 9.74. The van der Waals surface area contributed by atoms with Gasteiger partial charge in [-0.2, -0.15) is 0 Å². The molecule has 0 unspecified atom stereocenters. The Labute approximate surface area is 103 Å². The summed E-state index contributed by atoms with van der Waals surface area (Å²) in [5.74, 6) is 0. The maximum atomic E-state index is 3.97. The zero-order valence-corrected chi connectivity index (χ0v) is 10.4. The Bertz CT molecular complexity index is 618. The van der Waals surface area contributed by atoms with Gasteiger partial charge >= 0.3 is 0 Å². The second-order valence-corrected chi connectivity index (χ2v) is 4.80. The minimum Gasteiger partial charge on any atom is -0.0984 e. The molecule has 1 aliphatic carbocycles. The number of hydrogen-bond donors (Lipinski definition) is 0. The van der Waals surface area contributed by atoms with Crippen LogP contribution >= 0.6 is 0 Å². The third-order valence-corrected chi connectivity index (χ3v) is 3.89. The summed E-state index contributed by atoms with van der Waals surface area (Å²) in [7, 11) is 0. The van der Waals surface area contributed by atoms with E-state index in [2.05, 4.69) is 50.8 Å². The van der Waals surface area contributed by atoms with Crippen molar-refractivity contribution >= 4 is 6.08 Å². The summed E-state index contributed by atoms with van der Waals surface area (Å²) >= 11 is 0. The largest absolute Gasteiger partial charge is 0.0984 e. The third-order valence-electron chi connectivity index (χ3n) is 3.89. The van der Waals surface area contributed by atoms with Gasteiger partial charge < -0.3 is 0 Å². The van der Waals surface area contributed by atoms with Gasteiger partial charge in [0.05, 0.1) is 0 Å². The number of aryl methyl sites for hydroxylation is 1. The van der Waals surface area contributed by atoms with E-state index in [9.17, 15) is 0 Å². The lowest BCUT2D eigenvalue weighted by Gasteiger charge is -2.11. The summed E-state index contributed by atoms with van der Waals surface area (Å²) in [6.07, 6.45) is 3.06. The molecule has 0 amide bonds. The minimum atomic E-state index is 1.05. The zero-order chi connectivity index (χ0) is 12.0. The van der Waals surface area contributed by atoms with Crippen molar-refractivity contribution in [2.45, 2.75) is 20.3 Å². The molecule has 0 N–H and O–H groups in total. The van der Waals surface area contributed by atoms with Crippen LogP contribution in [0.5, 0.6) is 0 Å². The molecule has 1 aliphatic rings. The first-order chi connectivity index (χ1) is 8.22. The van der Waals surface area contributed by atoms with E-state index >= 15 is 0 Å². The Morgan fingerprint density at radius 2 is 1.88 bits per heavy atom. The molecule has 0 saturated carbocycles. The predicted molar refractivity (Wildman–Crippen MR) is 74.2 cm³/mol. The number of benzene rings is 2. The molecule has 0 heteroatoms. The topological polar surface area (TPSA) is 0 Å². The van der Waals surface area contributed by atoms with Crippen LogP contribution in [-0.2, 0) is 6.42 Å². The number of hydrogen-bond acceptors (Lipinski definition) is 0. The molecule has 84 valence electrons. The monoisotopic (exact) mass is 220 g/mol. The lowest BCUT2D eigenvalue weighted by molar-refractivity contribution is 1.22. The second kappa shape index (κ2) is 3.59. The molecule has 0 radical (unpaired) electrons. The van der Waals surface area contributed by atoms with Crippen molar-refractivity contribution in [3.05, 3.63) is 64.7 Å². The van der Waals surface area contributed by atoms with Crippen LogP contribution in [-0.4, -0.2) is 0 Å². The van der Waals surface area contributed by atoms with E-state index < -0.39 is 0 Å². The Balaban J connectivity index is 2.36. The van der Waals surface area contributed by atoms with E-state index in [4.69, 9.17) is 0 Å². The molecular formula is C17H16. The number of fused-ring (bicyclic) bond motifs is 3. The molecule has 0 bridgehead atoms. The second-order valence-electron chi connectivity index (χ2n) is 4.80. The fraction of sp³-hybridized carbons (Fsp3) is 0.176. The van der Waals surface area contributed by atoms with E-state index in [0.717, 1.165) is 6.42 Å². The number of rotatable bonds is 1. The molecule has 0 nitrogen and oxygen atoms in total. The van der Waals surface area contributed by atoms with Crippen LogP contribution in [0.15, 0.2) is 36.9 Å². The fourth-order valence-electron chi connectivity index (χ4n) is 2.83. The normalized spacial score (nSPS) is 12.1. The average Bonchev–Trinajstić information content (AvgIpc) is 2.69. The van der Waals surface area contributed by atoms with E-state index in [1.54, 1.807) is 0 Å². The Hall–Kier alpha value is -1.82. The highest BCUT2D eigenvalue weighted by molar-refractivity contribution is 5.82. The first kappa shape index (κ1) is 10.3. The molecule has 0 aromatic heterocycles. The van der Waals surface area contributed by atoms with Gasteiger partial charge in [0, 0.05) is 0 Å². The van der Waals surface area contributed by atoms with Crippen LogP contribution in [0, 0.1) is 13.8 Å². The van der Waals surface area contributed by atoms with Crippen molar-refractivity contribution in [3.8, 4) is 11.1 Å². The Morgan fingerprint density at radius 1 is 1.12 bits per heavy atom. The molecule has 0 heterocycles. The van der Waals surface area contributed by atoms with Crippen LogP contribution in [0.25, 0.3) is 17.2 Å². The molecule has 0 spiro atoms. The van der Waals surface area contributed by atoms with Gasteiger partial charge in [0.2, 0.25) is 0 Å². The molecule has 0 atom stereocenters. The van der Waals surface area contributed by atoms with Crippen LogP contribution < -0.4 is 0 Å². The predicted octanol–water partition coefficient (Wildman–Crippen LogP) is 4.52. The molecule has 3 rings (SSSR count). The molecule has 0 fully saturated rings. The van der Waals surface area contributed by atoms with Gasteiger partial charge in [-0.25, -0.2) is 0 Å². The van der Waals surface area contributed by atoms with Crippen molar-refractivity contribution < 1.29 is 0 Å². The summed E-state index contributed by atoms with van der Waals surface area (Å²) in [4.78, 5) is 0. The lowest BCUT2D eigenvalue weighted by atomic mass is 9.93. The van der Waals surface area contributed by atoms with Crippen molar-refractivity contribution in [2.24, 2.45) is 0 Å². The fourth-order valence-corrected chi connectivity index (χ4v) is 2.83. The maximum Gasteiger partial charge on any atom is -0.000740 e. The maximum absolute atomic E-state index is 3.97. The van der Waals surface area contributed by atoms with E-state index in [1.807, 2.05) is 6.08 Å². The minimum absolute atomic E-state index is 1.05. The smallest absolute Gasteiger partial charge is 0.000740 e. The molecule has 0 saturated heterocycles. The molecule has 0 aliphatic heterocycles. The molecular weight excluding hydrogens is 204 g/mol. The lowest BCUT2D eigenvalue weighted by Crippen LogP contribution is -1.93. The first-order valence-electron chi connectivity index (χ1n) is 6.06. The average molecular weight is 220 g/mol. The zero-order valence-electron chi connectivity index (χ0n) is 10.4. The summed E-state index contributed by atoms with van der Waals surface area (Å²) in [6, 6.07) is 11.0. The summed E-state index contributed by atoms with van der Waals surface area (Å²) < 4.78 is 0. The van der Waals surface area contributed by atoms with Crippen LogP contribution in [0.3, 0.4) is 0 Å². The van der Waals surface area contributed by atoms with Gasteiger partial charge in [0.1, 0.15) is 0 Å². The van der Waals surface area contributed by atoms with Gasteiger partial charge in [0.15, 0.2) is 0 Å². The highest BCUT2D eigenvalue weighted by Gasteiger charge is 2.21. The SMILES string of the molecule is C=Cc1c(C)c(C)cc2c1Cc1ccccc1-2. The highest BCUT2D eigenvalue weighted by atomic mass is 14.2. The van der Waals surface area contributed by atoms with Crippen molar-refractivity contribution in [3.63, 3.8) is 0 Å². The van der Waals surface area contributed by atoms with E-state index in [1.165, 1.54) is 38.9 Å². The Kier molecular flexibility index (Phi) is 2.19. The third kappa shape index (κ3) is 1.37. The van der Waals surface area contributed by atoms with Gasteiger partial charge in [-0.15, -0.1) is 0 Å². The standard InChI is InChI=1S/C17H16/c1-4-14-12(3)11(2)9-16-15-8-6-5-7-13(15)10-17(14)16/h4-9H,1,10H2,2-3H3. The quantitative estimate of drug-likeness (QED) is 0.565. The van der Waals surface area contributed by atoms with Crippen LogP contribution in [0.4, 0.5) is 0 Å². The van der Waals surface area contributed by atoms with Gasteiger partial charge in [-0.1, -0.05) is 43.0 Å². The van der Waals surface area contributed by atoms with Crippen molar-refractivity contribution in [2.75, 3.05) is 0 Å². The highest BCUT2D eigenvalue weighted by Crippen LogP contribution is 2.40.